The predicted molar refractivity (Wildman–Crippen MR) is 114 cm³/mol. The summed E-state index contributed by atoms with van der Waals surface area (Å²) in [6.07, 6.45) is 0. The minimum atomic E-state index is -4.76. The van der Waals surface area contributed by atoms with Gasteiger partial charge in [0.05, 0.1) is 5.69 Å². The third-order valence-corrected chi connectivity index (χ3v) is 5.75. The van der Waals surface area contributed by atoms with Crippen LogP contribution in [0.15, 0.2) is 64.4 Å². The molecule has 0 bridgehead atoms. The van der Waals surface area contributed by atoms with E-state index in [0.717, 1.165) is 18.2 Å². The zero-order valence-corrected chi connectivity index (χ0v) is 21.7. The first-order valence-corrected chi connectivity index (χ1v) is 10.5. The van der Waals surface area contributed by atoms with Crippen molar-refractivity contribution in [1.29, 1.82) is 0 Å². The summed E-state index contributed by atoms with van der Waals surface area (Å²) in [6, 6.07) is 11.5. The molecule has 0 atom stereocenters. The SMILES string of the molecule is Nc1ccc(C(=O)Nc2ccc(S(=O)(=O)O)c3cccc(S(=O)(=O)O)c23)cc1.[Na].[Na]. The second kappa shape index (κ2) is 10.1. The summed E-state index contributed by atoms with van der Waals surface area (Å²) < 4.78 is 65.8. The van der Waals surface area contributed by atoms with E-state index in [4.69, 9.17) is 5.73 Å². The Morgan fingerprint density at radius 3 is 1.90 bits per heavy atom. The number of anilines is 2. The van der Waals surface area contributed by atoms with Crippen LogP contribution in [0.1, 0.15) is 10.4 Å². The van der Waals surface area contributed by atoms with Crippen LogP contribution in [0.25, 0.3) is 10.8 Å². The Morgan fingerprint density at radius 1 is 0.800 bits per heavy atom. The average Bonchev–Trinajstić information content (AvgIpc) is 2.60. The Hall–Kier alpha value is -0.990. The van der Waals surface area contributed by atoms with Crippen LogP contribution in [-0.2, 0) is 20.2 Å². The van der Waals surface area contributed by atoms with Crippen molar-refractivity contribution in [3.8, 4) is 0 Å². The molecular formula is C17H14N2Na2O7S2. The summed E-state index contributed by atoms with van der Waals surface area (Å²) in [5.41, 5.74) is 6.15. The van der Waals surface area contributed by atoms with Crippen molar-refractivity contribution in [3.63, 3.8) is 0 Å². The first-order valence-electron chi connectivity index (χ1n) is 7.66. The van der Waals surface area contributed by atoms with Crippen LogP contribution in [0.3, 0.4) is 0 Å². The molecule has 0 spiro atoms. The number of carbonyl (C=O) groups is 1. The van der Waals surface area contributed by atoms with Crippen LogP contribution in [0.5, 0.6) is 0 Å². The molecule has 0 saturated carbocycles. The summed E-state index contributed by atoms with van der Waals surface area (Å²) in [4.78, 5) is 11.3. The number of hydrogen-bond donors (Lipinski definition) is 4. The van der Waals surface area contributed by atoms with Gasteiger partial charge in [0, 0.05) is 81.1 Å². The Bertz CT molecular complexity index is 1310. The molecule has 5 N–H and O–H groups in total. The molecule has 0 aromatic heterocycles. The molecule has 0 aliphatic carbocycles. The Labute approximate surface area is 217 Å². The summed E-state index contributed by atoms with van der Waals surface area (Å²) in [5, 5.41) is 2.03. The van der Waals surface area contributed by atoms with Gasteiger partial charge in [-0.25, -0.2) is 0 Å². The molecule has 3 rings (SSSR count). The third-order valence-electron chi connectivity index (χ3n) is 3.94. The van der Waals surface area contributed by atoms with E-state index in [9.17, 15) is 30.7 Å². The second-order valence-electron chi connectivity index (χ2n) is 5.82. The van der Waals surface area contributed by atoms with Crippen molar-refractivity contribution in [3.05, 3.63) is 60.2 Å². The van der Waals surface area contributed by atoms with Crippen LogP contribution in [0, 0.1) is 0 Å². The van der Waals surface area contributed by atoms with Gasteiger partial charge in [-0.3, -0.25) is 13.9 Å². The molecule has 3 aromatic carbocycles. The monoisotopic (exact) mass is 468 g/mol. The van der Waals surface area contributed by atoms with Crippen molar-refractivity contribution in [2.45, 2.75) is 9.79 Å². The molecule has 0 heterocycles. The van der Waals surface area contributed by atoms with Crippen molar-refractivity contribution in [2.24, 2.45) is 0 Å². The number of nitrogens with two attached hydrogens (primary N) is 1. The molecule has 3 aromatic rings. The van der Waals surface area contributed by atoms with Gasteiger partial charge in [-0.2, -0.15) is 16.8 Å². The Kier molecular flexibility index (Phi) is 9.09. The summed E-state index contributed by atoms with van der Waals surface area (Å²) in [6.45, 7) is 0. The quantitative estimate of drug-likeness (QED) is 0.254. The molecule has 0 aliphatic rings. The molecule has 148 valence electrons. The molecule has 0 saturated heterocycles. The minimum Gasteiger partial charge on any atom is -0.399 e. The zero-order chi connectivity index (χ0) is 20.7. The largest absolute Gasteiger partial charge is 0.399 e. The van der Waals surface area contributed by atoms with E-state index in [1.54, 1.807) is 0 Å². The number of amides is 1. The summed E-state index contributed by atoms with van der Waals surface area (Å²) in [5.74, 6) is -0.619. The number of nitrogens with one attached hydrogen (secondary N) is 1. The molecule has 0 fully saturated rings. The van der Waals surface area contributed by atoms with Gasteiger partial charge in [-0.15, -0.1) is 0 Å². The van der Waals surface area contributed by atoms with Gasteiger partial charge in [-0.05, 0) is 42.5 Å². The van der Waals surface area contributed by atoms with Crippen molar-refractivity contribution in [1.82, 2.24) is 0 Å². The number of hydrogen-bond acceptors (Lipinski definition) is 6. The number of nitrogen functional groups attached to an aromatic ring is 1. The topological polar surface area (TPSA) is 164 Å². The first kappa shape index (κ1) is 27.0. The Morgan fingerprint density at radius 2 is 1.37 bits per heavy atom. The van der Waals surface area contributed by atoms with E-state index in [2.05, 4.69) is 5.32 Å². The maximum absolute atomic E-state index is 12.5. The minimum absolute atomic E-state index is 0. The van der Waals surface area contributed by atoms with Crippen LogP contribution < -0.4 is 11.1 Å². The van der Waals surface area contributed by atoms with Gasteiger partial charge in [0.25, 0.3) is 26.1 Å². The molecule has 30 heavy (non-hydrogen) atoms. The second-order valence-corrected chi connectivity index (χ2v) is 8.60. The van der Waals surface area contributed by atoms with E-state index in [1.165, 1.54) is 36.4 Å². The van der Waals surface area contributed by atoms with Crippen molar-refractivity contribution >= 4 is 107 Å². The van der Waals surface area contributed by atoms with Crippen LogP contribution in [0.2, 0.25) is 0 Å². The molecule has 9 nitrogen and oxygen atoms in total. The van der Waals surface area contributed by atoms with E-state index in [-0.39, 0.29) is 81.1 Å². The summed E-state index contributed by atoms with van der Waals surface area (Å²) >= 11 is 0. The maximum atomic E-state index is 12.5. The third kappa shape index (κ3) is 5.82. The number of rotatable bonds is 4. The van der Waals surface area contributed by atoms with Gasteiger partial charge in [-0.1, -0.05) is 12.1 Å². The van der Waals surface area contributed by atoms with Crippen LogP contribution >= 0.6 is 0 Å². The fraction of sp³-hybridized carbons (Fsp3) is 0. The molecule has 2 radical (unpaired) electrons. The van der Waals surface area contributed by atoms with E-state index in [1.807, 2.05) is 0 Å². The maximum Gasteiger partial charge on any atom is 0.295 e. The van der Waals surface area contributed by atoms with Gasteiger partial charge in [0.2, 0.25) is 0 Å². The number of benzene rings is 3. The number of carbonyl (C=O) groups excluding carboxylic acids is 1. The van der Waals surface area contributed by atoms with Gasteiger partial charge < -0.3 is 11.1 Å². The van der Waals surface area contributed by atoms with E-state index >= 15 is 0 Å². The molecular weight excluding hydrogens is 454 g/mol. The average molecular weight is 468 g/mol. The normalized spacial score (nSPS) is 11.3. The smallest absolute Gasteiger partial charge is 0.295 e. The standard InChI is InChI=1S/C17H14N2O7S2.2Na/c18-11-6-4-10(5-7-11)17(20)19-13-8-9-14(27(21,22)23)12-2-1-3-15(16(12)13)28(24,25)26;;/h1-9H,18H2,(H,19,20)(H,21,22,23)(H,24,25,26);;. The zero-order valence-electron chi connectivity index (χ0n) is 16.0. The van der Waals surface area contributed by atoms with Crippen LogP contribution in [-0.4, -0.2) is 91.0 Å². The fourth-order valence-corrected chi connectivity index (χ4v) is 4.14. The molecule has 0 unspecified atom stereocenters. The van der Waals surface area contributed by atoms with E-state index in [0.29, 0.717) is 5.69 Å². The molecule has 13 heteroatoms. The van der Waals surface area contributed by atoms with Crippen molar-refractivity contribution in [2.75, 3.05) is 11.1 Å². The van der Waals surface area contributed by atoms with Gasteiger partial charge >= 0.3 is 0 Å². The van der Waals surface area contributed by atoms with Crippen molar-refractivity contribution < 1.29 is 30.7 Å². The van der Waals surface area contributed by atoms with E-state index < -0.39 is 35.9 Å². The fourth-order valence-electron chi connectivity index (χ4n) is 2.72. The molecule has 1 amide bonds. The van der Waals surface area contributed by atoms with Gasteiger partial charge in [0.1, 0.15) is 9.79 Å². The summed E-state index contributed by atoms with van der Waals surface area (Å²) in [7, 11) is -9.46. The molecule has 0 aliphatic heterocycles. The first-order chi connectivity index (χ1) is 13.0. The van der Waals surface area contributed by atoms with Gasteiger partial charge in [0.15, 0.2) is 0 Å². The van der Waals surface area contributed by atoms with Crippen LogP contribution in [0.4, 0.5) is 11.4 Å². The number of fused-ring (bicyclic) bond motifs is 1. The Balaban J connectivity index is 0.00000225. The predicted octanol–water partition coefficient (Wildman–Crippen LogP) is 1.41.